The quantitative estimate of drug-likeness (QED) is 0.921. The smallest absolute Gasteiger partial charge is 0.178 e. The van der Waals surface area contributed by atoms with E-state index in [9.17, 15) is 12.8 Å². The minimum absolute atomic E-state index is 0.0346. The number of rotatable bonds is 5. The second-order valence-electron chi connectivity index (χ2n) is 5.09. The second kappa shape index (κ2) is 5.99. The minimum atomic E-state index is -3.54. The van der Waals surface area contributed by atoms with Crippen LogP contribution in [0.1, 0.15) is 37.3 Å². The van der Waals surface area contributed by atoms with Crippen molar-refractivity contribution >= 4 is 9.84 Å². The van der Waals surface area contributed by atoms with Gasteiger partial charge in [-0.1, -0.05) is 6.07 Å². The molecule has 0 amide bonds. The Balaban J connectivity index is 2.17. The third-order valence-corrected chi connectivity index (χ3v) is 4.46. The second-order valence-corrected chi connectivity index (χ2v) is 7.07. The number of hydrogen-bond acceptors (Lipinski definition) is 4. The molecule has 0 fully saturated rings. The van der Waals surface area contributed by atoms with Crippen molar-refractivity contribution < 1.29 is 17.2 Å². The first-order valence-corrected chi connectivity index (χ1v) is 8.47. The Kier molecular flexibility index (Phi) is 4.49. The first kappa shape index (κ1) is 15.7. The van der Waals surface area contributed by atoms with Crippen LogP contribution in [0.25, 0.3) is 0 Å². The zero-order valence-electron chi connectivity index (χ0n) is 12.1. The largest absolute Gasteiger partial charge is 0.468 e. The van der Waals surface area contributed by atoms with E-state index in [4.69, 9.17) is 4.42 Å². The molecule has 4 nitrogen and oxygen atoms in total. The molecule has 6 heteroatoms. The van der Waals surface area contributed by atoms with Crippen LogP contribution in [0.2, 0.25) is 0 Å². The van der Waals surface area contributed by atoms with Crippen molar-refractivity contribution in [2.45, 2.75) is 30.8 Å². The van der Waals surface area contributed by atoms with Crippen molar-refractivity contribution in [1.82, 2.24) is 5.32 Å². The summed E-state index contributed by atoms with van der Waals surface area (Å²) in [6.07, 6.45) is 2.59. The molecule has 21 heavy (non-hydrogen) atoms. The molecule has 2 aromatic rings. The van der Waals surface area contributed by atoms with Crippen LogP contribution in [0.5, 0.6) is 0 Å². The maximum absolute atomic E-state index is 13.9. The predicted octanol–water partition coefficient (Wildman–Crippen LogP) is 3.23. The Morgan fingerprint density at radius 1 is 1.19 bits per heavy atom. The number of nitrogens with one attached hydrogen (secondary N) is 1. The van der Waals surface area contributed by atoms with E-state index >= 15 is 0 Å². The fraction of sp³-hybridized carbons (Fsp3) is 0.333. The summed E-state index contributed by atoms with van der Waals surface area (Å²) in [7, 11) is -3.54. The molecule has 0 aliphatic rings. The lowest BCUT2D eigenvalue weighted by molar-refractivity contribution is 0.402. The SMILES string of the molecule is C[C@@H](N[C@H](C)c1ccco1)c1ccc(S(C)(=O)=O)c(F)c1. The van der Waals surface area contributed by atoms with E-state index in [2.05, 4.69) is 5.32 Å². The summed E-state index contributed by atoms with van der Waals surface area (Å²) in [6, 6.07) is 7.65. The van der Waals surface area contributed by atoms with Crippen LogP contribution >= 0.6 is 0 Å². The number of benzene rings is 1. The van der Waals surface area contributed by atoms with E-state index in [0.29, 0.717) is 5.56 Å². The normalized spacial score (nSPS) is 14.9. The van der Waals surface area contributed by atoms with Gasteiger partial charge >= 0.3 is 0 Å². The van der Waals surface area contributed by atoms with Gasteiger partial charge in [0.1, 0.15) is 16.5 Å². The van der Waals surface area contributed by atoms with E-state index in [1.165, 1.54) is 12.1 Å². The van der Waals surface area contributed by atoms with Gasteiger partial charge in [0.05, 0.1) is 12.3 Å². The van der Waals surface area contributed by atoms with Gasteiger partial charge in [0, 0.05) is 12.3 Å². The topological polar surface area (TPSA) is 59.3 Å². The van der Waals surface area contributed by atoms with Crippen molar-refractivity contribution in [1.29, 1.82) is 0 Å². The van der Waals surface area contributed by atoms with Crippen LogP contribution in [-0.4, -0.2) is 14.7 Å². The molecule has 0 radical (unpaired) electrons. The van der Waals surface area contributed by atoms with Gasteiger partial charge in [0.25, 0.3) is 0 Å². The molecule has 1 aromatic carbocycles. The highest BCUT2D eigenvalue weighted by Crippen LogP contribution is 2.23. The first-order valence-electron chi connectivity index (χ1n) is 6.58. The number of halogens is 1. The average molecular weight is 311 g/mol. The lowest BCUT2D eigenvalue weighted by atomic mass is 10.1. The van der Waals surface area contributed by atoms with Gasteiger partial charge in [-0.05, 0) is 43.7 Å². The van der Waals surface area contributed by atoms with Gasteiger partial charge < -0.3 is 9.73 Å². The van der Waals surface area contributed by atoms with Crippen molar-refractivity contribution in [2.75, 3.05) is 6.26 Å². The van der Waals surface area contributed by atoms with Gasteiger partial charge in [-0.3, -0.25) is 0 Å². The molecule has 114 valence electrons. The Bertz CT molecular complexity index is 711. The van der Waals surface area contributed by atoms with Gasteiger partial charge in [-0.15, -0.1) is 0 Å². The summed E-state index contributed by atoms with van der Waals surface area (Å²) >= 11 is 0. The number of hydrogen-bond donors (Lipinski definition) is 1. The van der Waals surface area contributed by atoms with E-state index in [1.807, 2.05) is 19.9 Å². The van der Waals surface area contributed by atoms with Crippen LogP contribution < -0.4 is 5.32 Å². The molecule has 0 saturated heterocycles. The molecule has 0 aliphatic heterocycles. The zero-order valence-corrected chi connectivity index (χ0v) is 12.9. The molecule has 0 aliphatic carbocycles. The summed E-state index contributed by atoms with van der Waals surface area (Å²) < 4.78 is 42.0. The van der Waals surface area contributed by atoms with Crippen LogP contribution in [0.15, 0.2) is 45.9 Å². The highest BCUT2D eigenvalue weighted by Gasteiger charge is 2.17. The van der Waals surface area contributed by atoms with E-state index in [-0.39, 0.29) is 17.0 Å². The van der Waals surface area contributed by atoms with Crippen LogP contribution in [0, 0.1) is 5.82 Å². The Labute approximate surface area is 123 Å². The van der Waals surface area contributed by atoms with Crippen molar-refractivity contribution in [3.8, 4) is 0 Å². The van der Waals surface area contributed by atoms with Gasteiger partial charge in [0.15, 0.2) is 9.84 Å². The van der Waals surface area contributed by atoms with E-state index in [1.54, 1.807) is 18.4 Å². The van der Waals surface area contributed by atoms with E-state index in [0.717, 1.165) is 12.0 Å². The lowest BCUT2D eigenvalue weighted by Crippen LogP contribution is -2.22. The highest BCUT2D eigenvalue weighted by molar-refractivity contribution is 7.90. The third-order valence-electron chi connectivity index (χ3n) is 3.33. The van der Waals surface area contributed by atoms with Gasteiger partial charge in [-0.25, -0.2) is 12.8 Å². The molecule has 2 rings (SSSR count). The fourth-order valence-electron chi connectivity index (χ4n) is 2.18. The number of sulfone groups is 1. The van der Waals surface area contributed by atoms with Crippen molar-refractivity contribution in [3.05, 3.63) is 53.7 Å². The van der Waals surface area contributed by atoms with Crippen molar-refractivity contribution in [3.63, 3.8) is 0 Å². The van der Waals surface area contributed by atoms with Crippen molar-refractivity contribution in [2.24, 2.45) is 0 Å². The lowest BCUT2D eigenvalue weighted by Gasteiger charge is -2.19. The standard InChI is InChI=1S/C15H18FNO3S/c1-10(17-11(2)14-5-4-8-20-14)12-6-7-15(13(16)9-12)21(3,18)19/h4-11,17H,1-3H3/t10-,11-/m1/s1. The molecule has 0 unspecified atom stereocenters. The molecule has 0 bridgehead atoms. The Morgan fingerprint density at radius 2 is 1.90 bits per heavy atom. The molecule has 2 atom stereocenters. The fourth-order valence-corrected chi connectivity index (χ4v) is 2.91. The maximum Gasteiger partial charge on any atom is 0.178 e. The van der Waals surface area contributed by atoms with Crippen LogP contribution in [0.4, 0.5) is 4.39 Å². The average Bonchev–Trinajstić information content (AvgIpc) is 2.90. The summed E-state index contributed by atoms with van der Waals surface area (Å²) in [5, 5.41) is 3.27. The molecule has 1 heterocycles. The zero-order chi connectivity index (χ0) is 15.6. The summed E-state index contributed by atoms with van der Waals surface area (Å²) in [5.41, 5.74) is 0.679. The molecule has 0 saturated carbocycles. The minimum Gasteiger partial charge on any atom is -0.468 e. The van der Waals surface area contributed by atoms with Gasteiger partial charge in [0.2, 0.25) is 0 Å². The summed E-state index contributed by atoms with van der Waals surface area (Å²) in [6.45, 7) is 3.82. The molecular formula is C15H18FNO3S. The predicted molar refractivity (Wildman–Crippen MR) is 78.2 cm³/mol. The Hall–Kier alpha value is -1.66. The van der Waals surface area contributed by atoms with Crippen LogP contribution in [0.3, 0.4) is 0 Å². The molecule has 0 spiro atoms. The monoisotopic (exact) mass is 311 g/mol. The first-order chi connectivity index (χ1) is 9.79. The summed E-state index contributed by atoms with van der Waals surface area (Å²) in [4.78, 5) is -0.280. The van der Waals surface area contributed by atoms with Gasteiger partial charge in [-0.2, -0.15) is 0 Å². The van der Waals surface area contributed by atoms with E-state index < -0.39 is 15.7 Å². The number of furan rings is 1. The van der Waals surface area contributed by atoms with Crippen LogP contribution in [-0.2, 0) is 9.84 Å². The highest BCUT2D eigenvalue weighted by atomic mass is 32.2. The third kappa shape index (κ3) is 3.71. The molecular weight excluding hydrogens is 293 g/mol. The molecule has 1 N–H and O–H groups in total. The maximum atomic E-state index is 13.9. The Morgan fingerprint density at radius 3 is 2.43 bits per heavy atom. The molecule has 1 aromatic heterocycles. The summed E-state index contributed by atoms with van der Waals surface area (Å²) in [5.74, 6) is 0.0596.